The summed E-state index contributed by atoms with van der Waals surface area (Å²) in [6.07, 6.45) is 0. The average molecular weight is 336 g/mol. The lowest BCUT2D eigenvalue weighted by Crippen LogP contribution is -2.32. The molecule has 130 valence electrons. The van der Waals surface area contributed by atoms with Crippen LogP contribution in [0.25, 0.3) is 0 Å². The molecule has 0 aliphatic heterocycles. The lowest BCUT2D eigenvalue weighted by atomic mass is 9.90. The summed E-state index contributed by atoms with van der Waals surface area (Å²) in [6.45, 7) is 12.6. The van der Waals surface area contributed by atoms with Crippen LogP contribution in [0.1, 0.15) is 55.4 Å². The van der Waals surface area contributed by atoms with Crippen molar-refractivity contribution in [3.8, 4) is 0 Å². The first-order chi connectivity index (χ1) is 9.55. The van der Waals surface area contributed by atoms with Crippen LogP contribution in [-0.4, -0.2) is 35.2 Å². The van der Waals surface area contributed by atoms with Crippen molar-refractivity contribution in [2.45, 2.75) is 60.5 Å². The van der Waals surface area contributed by atoms with Gasteiger partial charge in [0, 0.05) is 5.41 Å². The normalized spacial score (nSPS) is 16.2. The fourth-order valence-corrected chi connectivity index (χ4v) is 2.92. The minimum Gasteiger partial charge on any atom is -0.481 e. The number of aliphatic carboxylic acids is 1. The number of rotatable bonds is 8. The summed E-state index contributed by atoms with van der Waals surface area (Å²) in [5.74, 6) is -1.13. The van der Waals surface area contributed by atoms with Gasteiger partial charge in [-0.25, -0.2) is 0 Å². The molecule has 6 nitrogen and oxygen atoms in total. The summed E-state index contributed by atoms with van der Waals surface area (Å²) in [4.78, 5) is 22.7. The van der Waals surface area contributed by atoms with Crippen LogP contribution < -0.4 is 0 Å². The van der Waals surface area contributed by atoms with Crippen molar-refractivity contribution in [1.29, 1.82) is 0 Å². The zero-order chi connectivity index (χ0) is 18.0. The van der Waals surface area contributed by atoms with E-state index in [9.17, 15) is 14.2 Å². The summed E-state index contributed by atoms with van der Waals surface area (Å²) in [5, 5.41) is 8.29. The molecule has 0 spiro atoms. The second-order valence-corrected chi connectivity index (χ2v) is 10.7. The Labute approximate surface area is 133 Å². The molecule has 0 heterocycles. The molecule has 0 radical (unpaired) electrons. The van der Waals surface area contributed by atoms with Crippen molar-refractivity contribution in [1.82, 2.24) is 0 Å². The Morgan fingerprint density at radius 3 is 1.55 bits per heavy atom. The van der Waals surface area contributed by atoms with Gasteiger partial charge in [0.1, 0.15) is 5.78 Å². The first-order valence-electron chi connectivity index (χ1n) is 7.19. The lowest BCUT2D eigenvalue weighted by molar-refractivity contribution is -0.148. The van der Waals surface area contributed by atoms with E-state index in [0.29, 0.717) is 0 Å². The van der Waals surface area contributed by atoms with E-state index in [1.165, 1.54) is 20.8 Å². The molecule has 0 amide bonds. The minimum absolute atomic E-state index is 0.0512. The molecule has 0 aromatic carbocycles. The number of hydrogen-bond donors (Lipinski definition) is 1. The average Bonchev–Trinajstić information content (AvgIpc) is 2.32. The van der Waals surface area contributed by atoms with Crippen molar-refractivity contribution >= 4 is 19.3 Å². The van der Waals surface area contributed by atoms with E-state index < -0.39 is 29.6 Å². The van der Waals surface area contributed by atoms with Gasteiger partial charge in [-0.15, -0.1) is 0 Å². The van der Waals surface area contributed by atoms with E-state index in [0.717, 1.165) is 0 Å². The lowest BCUT2D eigenvalue weighted by Gasteiger charge is -2.34. The van der Waals surface area contributed by atoms with Crippen LogP contribution in [0.15, 0.2) is 0 Å². The van der Waals surface area contributed by atoms with Crippen molar-refractivity contribution in [2.24, 2.45) is 10.8 Å². The molecule has 0 aromatic heterocycles. The highest BCUT2D eigenvalue weighted by atomic mass is 31.2. The molecule has 1 atom stereocenters. The molecule has 0 fully saturated rings. The van der Waals surface area contributed by atoms with Gasteiger partial charge in [-0.2, -0.15) is 0 Å². The third-order valence-electron chi connectivity index (χ3n) is 3.54. The predicted molar refractivity (Wildman–Crippen MR) is 85.1 cm³/mol. The van der Waals surface area contributed by atoms with E-state index in [-0.39, 0.29) is 19.0 Å². The van der Waals surface area contributed by atoms with Crippen molar-refractivity contribution in [3.63, 3.8) is 0 Å². The van der Waals surface area contributed by atoms with Gasteiger partial charge < -0.3 is 14.2 Å². The predicted octanol–water partition coefficient (Wildman–Crippen LogP) is 3.74. The second-order valence-electron chi connectivity index (χ2n) is 7.84. The molecule has 0 bridgehead atoms. The molecule has 1 N–H and O–H groups in total. The van der Waals surface area contributed by atoms with Gasteiger partial charge in [-0.1, -0.05) is 13.8 Å². The number of Topliss-reactive ketones (excluding diaryl/α,β-unsaturated/α-hetero) is 1. The monoisotopic (exact) mass is 336 g/mol. The zero-order valence-electron chi connectivity index (χ0n) is 14.8. The topological polar surface area (TPSA) is 89.9 Å². The fourth-order valence-electron chi connectivity index (χ4n) is 1.08. The summed E-state index contributed by atoms with van der Waals surface area (Å²) >= 11 is 0. The number of carbonyl (C=O) groups is 2. The van der Waals surface area contributed by atoms with Crippen LogP contribution in [0.3, 0.4) is 0 Å². The molecule has 7 heteroatoms. The fraction of sp³-hybridized carbons (Fsp3) is 0.867. The molecule has 0 aliphatic rings. The van der Waals surface area contributed by atoms with Crippen LogP contribution >= 0.6 is 7.60 Å². The van der Waals surface area contributed by atoms with Crippen molar-refractivity contribution in [3.05, 3.63) is 0 Å². The highest BCUT2D eigenvalue weighted by Crippen LogP contribution is 2.60. The van der Waals surface area contributed by atoms with Gasteiger partial charge in [0.2, 0.25) is 0 Å². The number of carbonyl (C=O) groups excluding carboxylic acids is 1. The first kappa shape index (κ1) is 21.3. The molecule has 22 heavy (non-hydrogen) atoms. The molecular weight excluding hydrogens is 307 g/mol. The van der Waals surface area contributed by atoms with Crippen LogP contribution in [0.4, 0.5) is 0 Å². The third-order valence-corrected chi connectivity index (χ3v) is 6.13. The first-order valence-corrected chi connectivity index (χ1v) is 8.73. The Morgan fingerprint density at radius 1 is 0.909 bits per heavy atom. The van der Waals surface area contributed by atoms with E-state index in [2.05, 4.69) is 0 Å². The second kappa shape index (κ2) is 6.81. The Hall–Kier alpha value is -0.710. The van der Waals surface area contributed by atoms with Crippen LogP contribution in [-0.2, 0) is 23.2 Å². The van der Waals surface area contributed by atoms with Crippen LogP contribution in [0, 0.1) is 10.8 Å². The molecule has 1 unspecified atom stereocenters. The molecule has 0 saturated carbocycles. The van der Waals surface area contributed by atoms with E-state index in [1.807, 2.05) is 0 Å². The summed E-state index contributed by atoms with van der Waals surface area (Å²) in [7, 11) is -3.59. The molecular formula is C15H29O6P. The van der Waals surface area contributed by atoms with Crippen molar-refractivity contribution in [2.75, 3.05) is 13.2 Å². The zero-order valence-corrected chi connectivity index (χ0v) is 15.7. The maximum Gasteiger partial charge on any atom is 0.335 e. The molecule has 0 saturated heterocycles. The van der Waals surface area contributed by atoms with Gasteiger partial charge in [-0.05, 0) is 41.5 Å². The Balaban J connectivity index is 5.17. The molecule has 0 aliphatic carbocycles. The highest BCUT2D eigenvalue weighted by molar-refractivity contribution is 7.55. The standard InChI is InChI=1S/C15H29O6P/c1-11(16)14(5,6)9-20-22(19,13(2,3)4)21-10-15(7,8)12(17)18/h9-10H2,1-8H3,(H,17,18). The number of carboxylic acid groups (broad SMARTS) is 1. The van der Waals surface area contributed by atoms with Gasteiger partial charge in [-0.3, -0.25) is 14.2 Å². The number of hydrogen-bond acceptors (Lipinski definition) is 5. The van der Waals surface area contributed by atoms with Crippen LogP contribution in [0.2, 0.25) is 0 Å². The maximum atomic E-state index is 13.0. The Bertz CT molecular complexity index is 439. The van der Waals surface area contributed by atoms with Crippen LogP contribution in [0.5, 0.6) is 0 Å². The summed E-state index contributed by atoms with van der Waals surface area (Å²) in [6, 6.07) is 0. The van der Waals surface area contributed by atoms with Gasteiger partial charge in [0.25, 0.3) is 0 Å². The maximum absolute atomic E-state index is 13.0. The summed E-state index contributed by atoms with van der Waals surface area (Å²) < 4.78 is 24.0. The number of ketones is 1. The van der Waals surface area contributed by atoms with Gasteiger partial charge in [0.15, 0.2) is 0 Å². The Morgan fingerprint density at radius 2 is 1.27 bits per heavy atom. The highest BCUT2D eigenvalue weighted by Gasteiger charge is 2.43. The number of carboxylic acids is 1. The van der Waals surface area contributed by atoms with Gasteiger partial charge in [0.05, 0.1) is 23.8 Å². The minimum atomic E-state index is -3.59. The van der Waals surface area contributed by atoms with Crippen molar-refractivity contribution < 1.29 is 28.3 Å². The van der Waals surface area contributed by atoms with E-state index in [1.54, 1.807) is 34.6 Å². The van der Waals surface area contributed by atoms with Gasteiger partial charge >= 0.3 is 13.6 Å². The SMILES string of the molecule is CC(=O)C(C)(C)COP(=O)(OCC(C)(C)C(=O)O)C(C)(C)C. The molecule has 0 aromatic rings. The molecule has 0 rings (SSSR count). The van der Waals surface area contributed by atoms with E-state index >= 15 is 0 Å². The largest absolute Gasteiger partial charge is 0.481 e. The quantitative estimate of drug-likeness (QED) is 0.679. The smallest absolute Gasteiger partial charge is 0.335 e. The third kappa shape index (κ3) is 5.49. The Kier molecular flexibility index (Phi) is 6.59. The van der Waals surface area contributed by atoms with E-state index in [4.69, 9.17) is 14.2 Å². The summed E-state index contributed by atoms with van der Waals surface area (Å²) in [5.41, 5.74) is -1.97.